The van der Waals surface area contributed by atoms with E-state index in [1.54, 1.807) is 36.4 Å². The Morgan fingerprint density at radius 3 is 2.75 bits per heavy atom. The number of hydrogen-bond donors (Lipinski definition) is 2. The Labute approximate surface area is 141 Å². The summed E-state index contributed by atoms with van der Waals surface area (Å²) in [5.74, 6) is 1.33. The van der Waals surface area contributed by atoms with Crippen molar-refractivity contribution in [3.05, 3.63) is 54.3 Å². The average Bonchev–Trinajstić information content (AvgIpc) is 3.08. The molecule has 0 aromatic heterocycles. The third kappa shape index (κ3) is 4.80. The van der Waals surface area contributed by atoms with Crippen LogP contribution in [-0.4, -0.2) is 19.0 Å². The van der Waals surface area contributed by atoms with Crippen molar-refractivity contribution in [2.24, 2.45) is 5.92 Å². The molecule has 4 nitrogen and oxygen atoms in total. The van der Waals surface area contributed by atoms with Crippen LogP contribution in [0.5, 0.6) is 11.5 Å². The van der Waals surface area contributed by atoms with Gasteiger partial charge in [-0.05, 0) is 68.2 Å². The van der Waals surface area contributed by atoms with Gasteiger partial charge in [0.05, 0.1) is 0 Å². The second kappa shape index (κ2) is 7.93. The lowest BCUT2D eigenvalue weighted by atomic mass is 10.0. The smallest absolute Gasteiger partial charge is 0.224 e. The zero-order valence-corrected chi connectivity index (χ0v) is 13.4. The molecule has 0 spiro atoms. The van der Waals surface area contributed by atoms with E-state index < -0.39 is 0 Å². The van der Waals surface area contributed by atoms with E-state index in [1.165, 1.54) is 12.1 Å². The average molecular weight is 328 g/mol. The van der Waals surface area contributed by atoms with E-state index in [0.29, 0.717) is 23.8 Å². The highest BCUT2D eigenvalue weighted by Crippen LogP contribution is 2.23. The second-order valence-electron chi connectivity index (χ2n) is 6.03. The lowest BCUT2D eigenvalue weighted by Crippen LogP contribution is -2.14. The van der Waals surface area contributed by atoms with Crippen LogP contribution in [0.2, 0.25) is 0 Å². The molecule has 0 saturated carbocycles. The number of halogens is 1. The number of ether oxygens (including phenoxy) is 1. The molecule has 1 aliphatic heterocycles. The summed E-state index contributed by atoms with van der Waals surface area (Å²) in [6.45, 7) is 2.07. The summed E-state index contributed by atoms with van der Waals surface area (Å²) >= 11 is 0. The van der Waals surface area contributed by atoms with Crippen LogP contribution in [-0.2, 0) is 4.79 Å². The van der Waals surface area contributed by atoms with E-state index in [0.717, 1.165) is 31.6 Å². The molecule has 1 amide bonds. The zero-order valence-electron chi connectivity index (χ0n) is 13.4. The minimum Gasteiger partial charge on any atom is -0.457 e. The molecule has 5 heteroatoms. The van der Waals surface area contributed by atoms with Crippen LogP contribution in [0.3, 0.4) is 0 Å². The molecule has 24 heavy (non-hydrogen) atoms. The quantitative estimate of drug-likeness (QED) is 0.844. The molecule has 0 bridgehead atoms. The van der Waals surface area contributed by atoms with Crippen LogP contribution in [0.15, 0.2) is 48.5 Å². The molecule has 2 aromatic carbocycles. The lowest BCUT2D eigenvalue weighted by molar-refractivity contribution is -0.116. The van der Waals surface area contributed by atoms with Gasteiger partial charge in [-0.25, -0.2) is 4.39 Å². The maximum Gasteiger partial charge on any atom is 0.224 e. The number of nitrogens with one attached hydrogen (secondary N) is 2. The predicted molar refractivity (Wildman–Crippen MR) is 91.8 cm³/mol. The van der Waals surface area contributed by atoms with Gasteiger partial charge in [-0.1, -0.05) is 6.07 Å². The Kier molecular flexibility index (Phi) is 5.43. The Balaban J connectivity index is 1.49. The highest BCUT2D eigenvalue weighted by molar-refractivity contribution is 5.90. The van der Waals surface area contributed by atoms with Gasteiger partial charge in [-0.3, -0.25) is 4.79 Å². The van der Waals surface area contributed by atoms with E-state index in [9.17, 15) is 9.18 Å². The molecule has 1 fully saturated rings. The molecule has 1 aliphatic rings. The molecule has 2 aromatic rings. The van der Waals surface area contributed by atoms with Crippen LogP contribution in [0.4, 0.5) is 10.1 Å². The number of rotatable bonds is 6. The summed E-state index contributed by atoms with van der Waals surface area (Å²) in [5.41, 5.74) is 0.733. The monoisotopic (exact) mass is 328 g/mol. The second-order valence-corrected chi connectivity index (χ2v) is 6.03. The standard InChI is InChI=1S/C19H21FN2O2/c20-15-2-1-3-18(12-15)24-17-7-5-16(6-8-17)22-19(23)9-4-14-10-11-21-13-14/h1-3,5-8,12,14,21H,4,9-11,13H2,(H,22,23). The van der Waals surface area contributed by atoms with Crippen LogP contribution in [0.1, 0.15) is 19.3 Å². The summed E-state index contributed by atoms with van der Waals surface area (Å²) in [6.07, 6.45) is 2.60. The van der Waals surface area contributed by atoms with E-state index in [2.05, 4.69) is 10.6 Å². The summed E-state index contributed by atoms with van der Waals surface area (Å²) in [6, 6.07) is 13.0. The first-order valence-corrected chi connectivity index (χ1v) is 8.23. The van der Waals surface area contributed by atoms with Crippen LogP contribution in [0, 0.1) is 11.7 Å². The van der Waals surface area contributed by atoms with Gasteiger partial charge in [0.15, 0.2) is 0 Å². The van der Waals surface area contributed by atoms with Gasteiger partial charge < -0.3 is 15.4 Å². The Hall–Kier alpha value is -2.40. The topological polar surface area (TPSA) is 50.4 Å². The third-order valence-corrected chi connectivity index (χ3v) is 4.11. The van der Waals surface area contributed by atoms with Crippen molar-refractivity contribution in [2.45, 2.75) is 19.3 Å². The van der Waals surface area contributed by atoms with Crippen molar-refractivity contribution in [3.63, 3.8) is 0 Å². The fourth-order valence-electron chi connectivity index (χ4n) is 2.79. The largest absolute Gasteiger partial charge is 0.457 e. The van der Waals surface area contributed by atoms with Crippen molar-refractivity contribution in [1.82, 2.24) is 5.32 Å². The molecule has 2 N–H and O–H groups in total. The van der Waals surface area contributed by atoms with E-state index in [1.807, 2.05) is 0 Å². The first-order chi connectivity index (χ1) is 11.7. The maximum absolute atomic E-state index is 13.1. The maximum atomic E-state index is 13.1. The highest BCUT2D eigenvalue weighted by Gasteiger charge is 2.15. The molecule has 0 aliphatic carbocycles. The Morgan fingerprint density at radius 1 is 1.21 bits per heavy atom. The normalized spacial score (nSPS) is 16.8. The van der Waals surface area contributed by atoms with Crippen LogP contribution >= 0.6 is 0 Å². The van der Waals surface area contributed by atoms with Gasteiger partial charge in [0.1, 0.15) is 17.3 Å². The lowest BCUT2D eigenvalue weighted by Gasteiger charge is -2.10. The predicted octanol–water partition coefficient (Wildman–Crippen LogP) is 3.95. The van der Waals surface area contributed by atoms with Gasteiger partial charge in [0, 0.05) is 18.2 Å². The molecule has 1 unspecified atom stereocenters. The van der Waals surface area contributed by atoms with Crippen molar-refractivity contribution >= 4 is 11.6 Å². The van der Waals surface area contributed by atoms with Gasteiger partial charge in [0.2, 0.25) is 5.91 Å². The fourth-order valence-corrected chi connectivity index (χ4v) is 2.79. The number of amides is 1. The minimum atomic E-state index is -0.339. The SMILES string of the molecule is O=C(CCC1CCNC1)Nc1ccc(Oc2cccc(F)c2)cc1. The summed E-state index contributed by atoms with van der Waals surface area (Å²) < 4.78 is 18.7. The number of benzene rings is 2. The molecule has 0 radical (unpaired) electrons. The number of carbonyl (C=O) groups is 1. The summed E-state index contributed by atoms with van der Waals surface area (Å²) in [4.78, 5) is 12.0. The molecular formula is C19H21FN2O2. The summed E-state index contributed by atoms with van der Waals surface area (Å²) in [7, 11) is 0. The third-order valence-electron chi connectivity index (χ3n) is 4.11. The molecule has 1 atom stereocenters. The van der Waals surface area contributed by atoms with Gasteiger partial charge in [-0.2, -0.15) is 0 Å². The number of anilines is 1. The Morgan fingerprint density at radius 2 is 2.04 bits per heavy atom. The Bertz CT molecular complexity index is 682. The van der Waals surface area contributed by atoms with Crippen LogP contribution in [0.25, 0.3) is 0 Å². The number of hydrogen-bond acceptors (Lipinski definition) is 3. The van der Waals surface area contributed by atoms with E-state index in [-0.39, 0.29) is 11.7 Å². The van der Waals surface area contributed by atoms with Gasteiger partial charge in [0.25, 0.3) is 0 Å². The first kappa shape index (κ1) is 16.5. The van der Waals surface area contributed by atoms with Crippen molar-refractivity contribution < 1.29 is 13.9 Å². The fraction of sp³-hybridized carbons (Fsp3) is 0.316. The van der Waals surface area contributed by atoms with E-state index >= 15 is 0 Å². The van der Waals surface area contributed by atoms with Crippen molar-refractivity contribution in [2.75, 3.05) is 18.4 Å². The number of carbonyl (C=O) groups excluding carboxylic acids is 1. The van der Waals surface area contributed by atoms with E-state index in [4.69, 9.17) is 4.74 Å². The van der Waals surface area contributed by atoms with Crippen LogP contribution < -0.4 is 15.4 Å². The minimum absolute atomic E-state index is 0.0284. The van der Waals surface area contributed by atoms with Gasteiger partial charge >= 0.3 is 0 Å². The summed E-state index contributed by atoms with van der Waals surface area (Å²) in [5, 5.41) is 6.20. The molecular weight excluding hydrogens is 307 g/mol. The van der Waals surface area contributed by atoms with Crippen molar-refractivity contribution in [3.8, 4) is 11.5 Å². The molecule has 1 heterocycles. The molecule has 1 saturated heterocycles. The van der Waals surface area contributed by atoms with Gasteiger partial charge in [-0.15, -0.1) is 0 Å². The first-order valence-electron chi connectivity index (χ1n) is 8.23. The molecule has 3 rings (SSSR count). The molecule has 126 valence electrons. The highest BCUT2D eigenvalue weighted by atomic mass is 19.1. The zero-order chi connectivity index (χ0) is 16.8. The van der Waals surface area contributed by atoms with Crippen molar-refractivity contribution in [1.29, 1.82) is 0 Å².